The van der Waals surface area contributed by atoms with Crippen molar-refractivity contribution in [2.24, 2.45) is 4.99 Å². The molecule has 2 atom stereocenters. The highest BCUT2D eigenvalue weighted by molar-refractivity contribution is 5.86. The summed E-state index contributed by atoms with van der Waals surface area (Å²) in [7, 11) is 0. The molecule has 1 saturated heterocycles. The highest BCUT2D eigenvalue weighted by Crippen LogP contribution is 2.39. The van der Waals surface area contributed by atoms with Crippen molar-refractivity contribution < 1.29 is 0 Å². The van der Waals surface area contributed by atoms with Crippen LogP contribution >= 0.6 is 0 Å². The van der Waals surface area contributed by atoms with Gasteiger partial charge in [0, 0.05) is 36.8 Å². The van der Waals surface area contributed by atoms with E-state index in [4.69, 9.17) is 0 Å². The molecule has 0 aromatic carbocycles. The summed E-state index contributed by atoms with van der Waals surface area (Å²) in [6, 6.07) is 0.437. The smallest absolute Gasteiger partial charge is 0.158 e. The first-order chi connectivity index (χ1) is 14.7. The molecule has 1 fully saturated rings. The van der Waals surface area contributed by atoms with E-state index < -0.39 is 0 Å². The SMILES string of the molecule is C=C1C=CC(Cn2nnc3c2NC(C2=CN(CC)N4CC24)=CN=C3)=CN1C=C=CC. The lowest BCUT2D eigenvalue weighted by Gasteiger charge is -2.21. The van der Waals surface area contributed by atoms with Crippen LogP contribution in [0, 0.1) is 0 Å². The highest BCUT2D eigenvalue weighted by Gasteiger charge is 2.46. The summed E-state index contributed by atoms with van der Waals surface area (Å²) >= 11 is 0. The third kappa shape index (κ3) is 3.22. The Labute approximate surface area is 175 Å². The van der Waals surface area contributed by atoms with Crippen molar-refractivity contribution in [1.82, 2.24) is 29.9 Å². The molecular weight excluding hydrogens is 376 g/mol. The molecule has 0 spiro atoms. The number of nitrogens with one attached hydrogen (secondary N) is 1. The predicted octanol–water partition coefficient (Wildman–Crippen LogP) is 2.74. The van der Waals surface area contributed by atoms with Crippen molar-refractivity contribution in [1.29, 1.82) is 0 Å². The van der Waals surface area contributed by atoms with Crippen LogP contribution in [0.5, 0.6) is 0 Å². The van der Waals surface area contributed by atoms with Crippen LogP contribution in [0.3, 0.4) is 0 Å². The van der Waals surface area contributed by atoms with Gasteiger partial charge in [0.05, 0.1) is 36.9 Å². The molecule has 1 N–H and O–H groups in total. The fraction of sp³-hybridized carbons (Fsp3) is 0.273. The van der Waals surface area contributed by atoms with Crippen molar-refractivity contribution in [3.8, 4) is 0 Å². The first kappa shape index (κ1) is 18.4. The molecule has 152 valence electrons. The molecule has 8 nitrogen and oxygen atoms in total. The molecule has 1 aromatic heterocycles. The van der Waals surface area contributed by atoms with Crippen molar-refractivity contribution in [2.45, 2.75) is 26.4 Å². The van der Waals surface area contributed by atoms with Crippen molar-refractivity contribution in [3.05, 3.63) is 83.6 Å². The molecule has 2 unspecified atom stereocenters. The van der Waals surface area contributed by atoms with Crippen LogP contribution in [0.1, 0.15) is 19.5 Å². The van der Waals surface area contributed by atoms with E-state index in [9.17, 15) is 0 Å². The third-order valence-electron chi connectivity index (χ3n) is 5.45. The Morgan fingerprint density at radius 3 is 3.03 bits per heavy atom. The number of rotatable bonds is 5. The minimum Gasteiger partial charge on any atom is -0.337 e. The lowest BCUT2D eigenvalue weighted by molar-refractivity contribution is 0.172. The minimum absolute atomic E-state index is 0.437. The van der Waals surface area contributed by atoms with E-state index in [-0.39, 0.29) is 0 Å². The molecular formula is C22H24N8. The number of allylic oxidation sites excluding steroid dienone is 4. The summed E-state index contributed by atoms with van der Waals surface area (Å²) in [4.78, 5) is 6.40. The predicted molar refractivity (Wildman–Crippen MR) is 117 cm³/mol. The van der Waals surface area contributed by atoms with E-state index in [2.05, 4.69) is 62.1 Å². The summed E-state index contributed by atoms with van der Waals surface area (Å²) in [5.74, 6) is 0.847. The van der Waals surface area contributed by atoms with Crippen LogP contribution in [0.2, 0.25) is 0 Å². The van der Waals surface area contributed by atoms with Gasteiger partial charge in [-0.25, -0.2) is 9.69 Å². The van der Waals surface area contributed by atoms with Gasteiger partial charge in [0.25, 0.3) is 0 Å². The Hall–Kier alpha value is -3.61. The molecule has 0 bridgehead atoms. The summed E-state index contributed by atoms with van der Waals surface area (Å²) in [5, 5.41) is 16.8. The molecule has 0 radical (unpaired) electrons. The van der Waals surface area contributed by atoms with E-state index in [1.54, 1.807) is 6.21 Å². The van der Waals surface area contributed by atoms with Crippen molar-refractivity contribution >= 4 is 12.0 Å². The second-order valence-electron chi connectivity index (χ2n) is 7.43. The van der Waals surface area contributed by atoms with Crippen LogP contribution in [-0.2, 0) is 6.54 Å². The molecule has 4 aliphatic rings. The van der Waals surface area contributed by atoms with Gasteiger partial charge in [-0.2, -0.15) is 0 Å². The van der Waals surface area contributed by atoms with Gasteiger partial charge in [0.1, 0.15) is 5.69 Å². The minimum atomic E-state index is 0.437. The van der Waals surface area contributed by atoms with Crippen LogP contribution in [0.25, 0.3) is 0 Å². The van der Waals surface area contributed by atoms with Gasteiger partial charge in [-0.15, -0.1) is 10.8 Å². The molecule has 5 heterocycles. The van der Waals surface area contributed by atoms with Gasteiger partial charge in [0.15, 0.2) is 5.82 Å². The number of nitrogens with zero attached hydrogens (tertiary/aromatic N) is 7. The standard InChI is InChI=1S/C22H24N8/c1-4-6-9-27-12-17(8-7-16(27)3)13-29-22-20(25-26-29)11-23-10-19(24-22)18-14-28(5-2)30-15-21(18)30/h4,7-12,14,21,24H,3,5,13,15H2,1-2H3. The molecule has 8 heteroatoms. The Morgan fingerprint density at radius 2 is 2.23 bits per heavy atom. The number of aromatic nitrogens is 3. The monoisotopic (exact) mass is 400 g/mol. The van der Waals surface area contributed by atoms with Crippen LogP contribution in [0.15, 0.2) is 82.9 Å². The summed E-state index contributed by atoms with van der Waals surface area (Å²) in [6.07, 6.45) is 15.6. The zero-order valence-corrected chi connectivity index (χ0v) is 17.2. The zero-order valence-electron chi connectivity index (χ0n) is 17.2. The first-order valence-electron chi connectivity index (χ1n) is 10.1. The lowest BCUT2D eigenvalue weighted by atomic mass is 10.1. The first-order valence-corrected chi connectivity index (χ1v) is 10.1. The largest absolute Gasteiger partial charge is 0.337 e. The maximum atomic E-state index is 4.45. The molecule has 4 aliphatic heterocycles. The normalized spacial score (nSPS) is 23.5. The maximum absolute atomic E-state index is 4.45. The number of anilines is 1. The number of fused-ring (bicyclic) bond motifs is 2. The fourth-order valence-corrected chi connectivity index (χ4v) is 3.79. The Morgan fingerprint density at radius 1 is 1.33 bits per heavy atom. The number of hydrazine groups is 1. The highest BCUT2D eigenvalue weighted by atomic mass is 15.7. The van der Waals surface area contributed by atoms with Crippen LogP contribution in [-0.4, -0.2) is 55.3 Å². The summed E-state index contributed by atoms with van der Waals surface area (Å²) < 4.78 is 1.88. The van der Waals surface area contributed by atoms with Gasteiger partial charge in [-0.1, -0.05) is 17.9 Å². The van der Waals surface area contributed by atoms with Gasteiger partial charge in [-0.05, 0) is 31.6 Å². The second-order valence-corrected chi connectivity index (χ2v) is 7.43. The fourth-order valence-electron chi connectivity index (χ4n) is 3.79. The Kier molecular flexibility index (Phi) is 4.50. The topological polar surface area (TPSA) is 64.6 Å². The molecule has 0 amide bonds. The zero-order chi connectivity index (χ0) is 20.7. The summed E-state index contributed by atoms with van der Waals surface area (Å²) in [6.45, 7) is 10.8. The van der Waals surface area contributed by atoms with Crippen molar-refractivity contribution in [2.75, 3.05) is 18.4 Å². The quantitative estimate of drug-likeness (QED) is 0.606. The van der Waals surface area contributed by atoms with E-state index >= 15 is 0 Å². The second kappa shape index (κ2) is 7.33. The summed E-state index contributed by atoms with van der Waals surface area (Å²) in [5.41, 5.74) is 8.05. The number of hydrogen-bond donors (Lipinski definition) is 1. The molecule has 30 heavy (non-hydrogen) atoms. The average Bonchev–Trinajstić information content (AvgIpc) is 3.40. The van der Waals surface area contributed by atoms with Crippen molar-refractivity contribution in [3.63, 3.8) is 0 Å². The van der Waals surface area contributed by atoms with Gasteiger partial charge >= 0.3 is 0 Å². The molecule has 0 saturated carbocycles. The number of hydrogen-bond acceptors (Lipinski definition) is 7. The molecule has 0 aliphatic carbocycles. The van der Waals surface area contributed by atoms with E-state index in [1.807, 2.05) is 47.3 Å². The molecule has 1 aromatic rings. The van der Waals surface area contributed by atoms with Gasteiger partial charge < -0.3 is 15.2 Å². The van der Waals surface area contributed by atoms with Gasteiger partial charge in [0.2, 0.25) is 0 Å². The van der Waals surface area contributed by atoms with Crippen LogP contribution in [0.4, 0.5) is 5.82 Å². The van der Waals surface area contributed by atoms with Gasteiger partial charge in [-0.3, -0.25) is 4.99 Å². The van der Waals surface area contributed by atoms with E-state index in [1.165, 1.54) is 5.57 Å². The maximum Gasteiger partial charge on any atom is 0.158 e. The Balaban J connectivity index is 1.39. The lowest BCUT2D eigenvalue weighted by Crippen LogP contribution is -2.20. The molecule has 5 rings (SSSR count). The Bertz CT molecular complexity index is 1110. The van der Waals surface area contributed by atoms with E-state index in [0.717, 1.165) is 41.6 Å². The van der Waals surface area contributed by atoms with Crippen LogP contribution < -0.4 is 5.32 Å². The average molecular weight is 400 g/mol. The van der Waals surface area contributed by atoms with E-state index in [0.29, 0.717) is 12.6 Å². The third-order valence-corrected chi connectivity index (χ3v) is 5.45. The number of aliphatic imine (C=N–C) groups is 1.